The molecule has 1 aliphatic rings. The number of fused-ring (bicyclic) bond motifs is 1. The number of amides is 2. The van der Waals surface area contributed by atoms with Gasteiger partial charge in [0.1, 0.15) is 6.54 Å². The predicted octanol–water partition coefficient (Wildman–Crippen LogP) is 2.95. The van der Waals surface area contributed by atoms with Gasteiger partial charge in [-0.1, -0.05) is 48.5 Å². The van der Waals surface area contributed by atoms with Crippen LogP contribution in [0.1, 0.15) is 17.0 Å². The van der Waals surface area contributed by atoms with E-state index in [-0.39, 0.29) is 24.3 Å². The molecule has 2 N–H and O–H groups in total. The molecule has 0 radical (unpaired) electrons. The molecule has 27 heavy (non-hydrogen) atoms. The molecule has 3 aromatic rings. The number of hydrogen-bond donors (Lipinski definition) is 2. The van der Waals surface area contributed by atoms with Crippen molar-refractivity contribution in [2.45, 2.75) is 5.92 Å². The molecule has 1 fully saturated rings. The van der Waals surface area contributed by atoms with Gasteiger partial charge in [-0.15, -0.1) is 11.8 Å². The van der Waals surface area contributed by atoms with Crippen LogP contribution in [-0.4, -0.2) is 46.4 Å². The van der Waals surface area contributed by atoms with E-state index in [0.29, 0.717) is 18.2 Å². The number of aromatic amines is 1. The van der Waals surface area contributed by atoms with Gasteiger partial charge in [0.05, 0.1) is 11.6 Å². The van der Waals surface area contributed by atoms with Gasteiger partial charge < -0.3 is 15.2 Å². The van der Waals surface area contributed by atoms with Crippen LogP contribution in [0.4, 0.5) is 0 Å². The summed E-state index contributed by atoms with van der Waals surface area (Å²) in [7, 11) is 0. The summed E-state index contributed by atoms with van der Waals surface area (Å²) in [6.07, 6.45) is 2.02. The van der Waals surface area contributed by atoms with Crippen molar-refractivity contribution in [2.24, 2.45) is 0 Å². The summed E-state index contributed by atoms with van der Waals surface area (Å²) in [6, 6.07) is 18.4. The Morgan fingerprint density at radius 2 is 1.93 bits per heavy atom. The molecule has 5 nitrogen and oxygen atoms in total. The lowest BCUT2D eigenvalue weighted by atomic mass is 9.91. The number of carbonyl (C=O) groups excluding carboxylic acids is 2. The number of thioether (sulfide) groups is 1. The third-order valence-electron chi connectivity index (χ3n) is 4.86. The van der Waals surface area contributed by atoms with Crippen molar-refractivity contribution in [3.63, 3.8) is 0 Å². The Labute approximate surface area is 162 Å². The number of nitrogens with zero attached hydrogens (tertiary/aromatic N) is 1. The zero-order valence-electron chi connectivity index (χ0n) is 14.9. The molecule has 6 heteroatoms. The second kappa shape index (κ2) is 7.88. The normalized spacial score (nSPS) is 15.3. The largest absolute Gasteiger partial charge is 0.361 e. The fraction of sp³-hybridized carbons (Fsp3) is 0.238. The van der Waals surface area contributed by atoms with Crippen molar-refractivity contribution in [1.29, 1.82) is 0 Å². The van der Waals surface area contributed by atoms with Gasteiger partial charge in [0.15, 0.2) is 0 Å². The molecule has 4 rings (SSSR count). The van der Waals surface area contributed by atoms with E-state index in [1.54, 1.807) is 16.7 Å². The first-order chi connectivity index (χ1) is 13.2. The monoisotopic (exact) mass is 379 g/mol. The summed E-state index contributed by atoms with van der Waals surface area (Å²) in [4.78, 5) is 29.0. The molecule has 0 bridgehead atoms. The molecule has 138 valence electrons. The van der Waals surface area contributed by atoms with Crippen molar-refractivity contribution in [3.8, 4) is 0 Å². The van der Waals surface area contributed by atoms with Gasteiger partial charge >= 0.3 is 0 Å². The van der Waals surface area contributed by atoms with Gasteiger partial charge in [0.2, 0.25) is 11.8 Å². The average molecular weight is 379 g/mol. The van der Waals surface area contributed by atoms with Crippen LogP contribution in [0.2, 0.25) is 0 Å². The first-order valence-corrected chi connectivity index (χ1v) is 10.1. The third-order valence-corrected chi connectivity index (χ3v) is 5.81. The summed E-state index contributed by atoms with van der Waals surface area (Å²) >= 11 is 1.55. The minimum Gasteiger partial charge on any atom is -0.361 e. The van der Waals surface area contributed by atoms with Crippen molar-refractivity contribution < 1.29 is 9.59 Å². The van der Waals surface area contributed by atoms with Crippen molar-refractivity contribution in [3.05, 3.63) is 71.9 Å². The lowest BCUT2D eigenvalue weighted by Gasteiger charge is -2.20. The minimum absolute atomic E-state index is 0.0337. The molecule has 0 spiro atoms. The molecule has 1 atom stereocenters. The number of H-pyrrole nitrogens is 1. The Morgan fingerprint density at radius 3 is 2.70 bits per heavy atom. The minimum atomic E-state index is -0.119. The van der Waals surface area contributed by atoms with E-state index < -0.39 is 0 Å². The van der Waals surface area contributed by atoms with E-state index in [9.17, 15) is 9.59 Å². The van der Waals surface area contributed by atoms with E-state index in [1.165, 1.54) is 0 Å². The first-order valence-electron chi connectivity index (χ1n) is 8.95. The molecular weight excluding hydrogens is 358 g/mol. The Balaban J connectivity index is 1.54. The Bertz CT molecular complexity index is 954. The zero-order valence-corrected chi connectivity index (χ0v) is 15.7. The van der Waals surface area contributed by atoms with Gasteiger partial charge in [-0.25, -0.2) is 0 Å². The standard InChI is InChI=1S/C21H21N3O2S/c25-20(12-24-14-27-13-21(24)26)23-10-17(15-6-2-1-3-7-15)18-11-22-19-9-5-4-8-16(18)19/h1-9,11,17,22H,10,12-14H2,(H,23,25). The molecule has 2 heterocycles. The van der Waals surface area contributed by atoms with E-state index in [1.807, 2.05) is 36.5 Å². The van der Waals surface area contributed by atoms with E-state index >= 15 is 0 Å². The maximum atomic E-state index is 12.4. The lowest BCUT2D eigenvalue weighted by Crippen LogP contribution is -2.39. The van der Waals surface area contributed by atoms with E-state index in [0.717, 1.165) is 22.0 Å². The second-order valence-electron chi connectivity index (χ2n) is 6.63. The van der Waals surface area contributed by atoms with Crippen LogP contribution in [0.3, 0.4) is 0 Å². The molecule has 0 saturated carbocycles. The zero-order chi connectivity index (χ0) is 18.6. The van der Waals surface area contributed by atoms with Crippen molar-refractivity contribution >= 4 is 34.5 Å². The molecule has 2 aromatic carbocycles. The molecule has 1 aliphatic heterocycles. The Morgan fingerprint density at radius 1 is 1.15 bits per heavy atom. The van der Waals surface area contributed by atoms with Gasteiger partial charge in [-0.05, 0) is 17.2 Å². The molecule has 1 unspecified atom stereocenters. The smallest absolute Gasteiger partial charge is 0.239 e. The maximum Gasteiger partial charge on any atom is 0.239 e. The van der Waals surface area contributed by atoms with Crippen LogP contribution in [0.5, 0.6) is 0 Å². The summed E-state index contributed by atoms with van der Waals surface area (Å²) < 4.78 is 0. The highest BCUT2D eigenvalue weighted by molar-refractivity contribution is 8.00. The topological polar surface area (TPSA) is 65.2 Å². The van der Waals surface area contributed by atoms with Crippen LogP contribution >= 0.6 is 11.8 Å². The average Bonchev–Trinajstić information content (AvgIpc) is 3.30. The molecule has 1 aromatic heterocycles. The fourth-order valence-corrected chi connectivity index (χ4v) is 4.36. The van der Waals surface area contributed by atoms with Crippen LogP contribution in [0.15, 0.2) is 60.8 Å². The van der Waals surface area contributed by atoms with Gasteiger partial charge in [-0.2, -0.15) is 0 Å². The highest BCUT2D eigenvalue weighted by atomic mass is 32.2. The number of carbonyl (C=O) groups is 2. The van der Waals surface area contributed by atoms with Crippen LogP contribution in [-0.2, 0) is 9.59 Å². The predicted molar refractivity (Wildman–Crippen MR) is 109 cm³/mol. The summed E-state index contributed by atoms with van der Waals surface area (Å²) in [5.41, 5.74) is 3.39. The first kappa shape index (κ1) is 17.7. The lowest BCUT2D eigenvalue weighted by molar-refractivity contribution is -0.132. The summed E-state index contributed by atoms with van der Waals surface area (Å²) in [5.74, 6) is 1.01. The third kappa shape index (κ3) is 3.85. The molecule has 1 saturated heterocycles. The van der Waals surface area contributed by atoms with Crippen LogP contribution in [0.25, 0.3) is 10.9 Å². The van der Waals surface area contributed by atoms with Crippen molar-refractivity contribution in [2.75, 3.05) is 24.7 Å². The van der Waals surface area contributed by atoms with E-state index in [2.05, 4.69) is 34.6 Å². The van der Waals surface area contributed by atoms with Crippen LogP contribution in [0, 0.1) is 0 Å². The number of rotatable bonds is 6. The maximum absolute atomic E-state index is 12.4. The van der Waals surface area contributed by atoms with Gasteiger partial charge in [0, 0.05) is 29.6 Å². The van der Waals surface area contributed by atoms with Crippen molar-refractivity contribution in [1.82, 2.24) is 15.2 Å². The van der Waals surface area contributed by atoms with Gasteiger partial charge in [-0.3, -0.25) is 9.59 Å². The quantitative estimate of drug-likeness (QED) is 0.692. The summed E-state index contributed by atoms with van der Waals surface area (Å²) in [6.45, 7) is 0.612. The second-order valence-corrected chi connectivity index (χ2v) is 7.58. The highest BCUT2D eigenvalue weighted by Gasteiger charge is 2.24. The SMILES string of the molecule is O=C(CN1CSCC1=O)NCC(c1ccccc1)c1c[nH]c2ccccc12. The number of hydrogen-bond acceptors (Lipinski definition) is 3. The summed E-state index contributed by atoms with van der Waals surface area (Å²) in [5, 5.41) is 4.18. The number of nitrogens with one attached hydrogen (secondary N) is 2. The molecule has 0 aliphatic carbocycles. The Hall–Kier alpha value is -2.73. The number of para-hydroxylation sites is 1. The number of benzene rings is 2. The molecular formula is C21H21N3O2S. The van der Waals surface area contributed by atoms with Gasteiger partial charge in [0.25, 0.3) is 0 Å². The fourth-order valence-electron chi connectivity index (χ4n) is 3.46. The van der Waals surface area contributed by atoms with E-state index in [4.69, 9.17) is 0 Å². The Kier molecular flexibility index (Phi) is 5.16. The highest BCUT2D eigenvalue weighted by Crippen LogP contribution is 2.30. The molecule has 2 amide bonds. The van der Waals surface area contributed by atoms with Crippen LogP contribution < -0.4 is 5.32 Å². The number of aromatic nitrogens is 1.